The van der Waals surface area contributed by atoms with Gasteiger partial charge in [0, 0.05) is 24.5 Å². The van der Waals surface area contributed by atoms with Gasteiger partial charge in [-0.05, 0) is 58.8 Å². The molecule has 0 aliphatic carbocycles. The van der Waals surface area contributed by atoms with Crippen molar-refractivity contribution in [2.75, 3.05) is 5.32 Å². The topological polar surface area (TPSA) is 49.3 Å². The maximum atomic E-state index is 12.3. The average Bonchev–Trinajstić information content (AvgIpc) is 2.78. The fraction of sp³-hybridized carbons (Fsp3) is 0.0625. The van der Waals surface area contributed by atoms with Crippen LogP contribution in [0.4, 0.5) is 5.69 Å². The van der Waals surface area contributed by atoms with Crippen LogP contribution in [0, 0.1) is 6.92 Å². The number of hydrogen-bond acceptors (Lipinski definition) is 2. The fourth-order valence-corrected chi connectivity index (χ4v) is 4.04. The number of amides is 1. The summed E-state index contributed by atoms with van der Waals surface area (Å²) >= 11 is 10.3. The molecule has 0 aromatic heterocycles. The van der Waals surface area contributed by atoms with Gasteiger partial charge in [0.15, 0.2) is 0 Å². The van der Waals surface area contributed by atoms with Crippen LogP contribution in [0.1, 0.15) is 16.7 Å². The van der Waals surface area contributed by atoms with Crippen LogP contribution < -0.4 is 5.32 Å². The van der Waals surface area contributed by atoms with Crippen LogP contribution in [-0.2, 0) is 4.79 Å². The molecule has 1 heterocycles. The molecule has 0 unspecified atom stereocenters. The highest BCUT2D eigenvalue weighted by Crippen LogP contribution is 2.43. The maximum absolute atomic E-state index is 12.3. The van der Waals surface area contributed by atoms with Gasteiger partial charge in [-0.25, -0.2) is 0 Å². The summed E-state index contributed by atoms with van der Waals surface area (Å²) in [6.07, 6.45) is 1.70. The largest absolute Gasteiger partial charge is 0.507 e. The Kier molecular flexibility index (Phi) is 4.18. The number of fused-ring (bicyclic) bond motifs is 1. The second kappa shape index (κ2) is 5.83. The Labute approximate surface area is 152 Å². The normalized spacial score (nSPS) is 15.1. The van der Waals surface area contributed by atoms with Crippen LogP contribution in [0.5, 0.6) is 5.75 Å². The van der Waals surface area contributed by atoms with Crippen molar-refractivity contribution >= 4 is 71.0 Å². The zero-order valence-corrected chi connectivity index (χ0v) is 16.1. The number of rotatable bonds is 1. The summed E-state index contributed by atoms with van der Waals surface area (Å²) in [6, 6.07) is 7.02. The second-order valence-corrected chi connectivity index (χ2v) is 7.55. The standard InChI is InChI=1S/C16H10Br3NO2/c1-7-11(18)6-12(19)15-14(7)10(16(22)20-15)5-8-4-9(17)2-3-13(8)21/h2-6,21H,1H3,(H,20,22). The van der Waals surface area contributed by atoms with Crippen molar-refractivity contribution < 1.29 is 9.90 Å². The van der Waals surface area contributed by atoms with E-state index in [9.17, 15) is 9.90 Å². The molecule has 2 aromatic carbocycles. The molecule has 0 fully saturated rings. The predicted molar refractivity (Wildman–Crippen MR) is 98.9 cm³/mol. The maximum Gasteiger partial charge on any atom is 0.256 e. The predicted octanol–water partition coefficient (Wildman–Crippen LogP) is 5.48. The summed E-state index contributed by atoms with van der Waals surface area (Å²) in [5.74, 6) is -0.0556. The molecule has 3 nitrogen and oxygen atoms in total. The highest BCUT2D eigenvalue weighted by molar-refractivity contribution is 9.11. The first-order valence-corrected chi connectivity index (χ1v) is 8.77. The minimum atomic E-state index is -0.184. The molecule has 0 saturated carbocycles. The highest BCUT2D eigenvalue weighted by Gasteiger charge is 2.29. The molecule has 0 atom stereocenters. The van der Waals surface area contributed by atoms with Crippen molar-refractivity contribution in [2.45, 2.75) is 6.92 Å². The number of phenolic OH excluding ortho intramolecular Hbond substituents is 1. The highest BCUT2D eigenvalue weighted by atomic mass is 79.9. The van der Waals surface area contributed by atoms with E-state index in [2.05, 4.69) is 53.1 Å². The number of aromatic hydroxyl groups is 1. The Hall–Kier alpha value is -1.11. The number of benzene rings is 2. The van der Waals surface area contributed by atoms with Gasteiger partial charge in [-0.1, -0.05) is 31.9 Å². The van der Waals surface area contributed by atoms with Gasteiger partial charge in [0.2, 0.25) is 0 Å². The molecule has 6 heteroatoms. The van der Waals surface area contributed by atoms with E-state index in [4.69, 9.17) is 0 Å². The van der Waals surface area contributed by atoms with E-state index in [0.717, 1.165) is 30.2 Å². The number of phenols is 1. The van der Waals surface area contributed by atoms with Gasteiger partial charge in [0.25, 0.3) is 5.91 Å². The minimum absolute atomic E-state index is 0.128. The summed E-state index contributed by atoms with van der Waals surface area (Å²) in [5, 5.41) is 12.9. The summed E-state index contributed by atoms with van der Waals surface area (Å²) < 4.78 is 2.57. The van der Waals surface area contributed by atoms with Crippen molar-refractivity contribution in [3.63, 3.8) is 0 Å². The van der Waals surface area contributed by atoms with Crippen molar-refractivity contribution in [3.05, 3.63) is 54.4 Å². The Bertz CT molecular complexity index is 844. The summed E-state index contributed by atoms with van der Waals surface area (Å²) in [5.41, 5.74) is 3.68. The molecule has 2 aromatic rings. The van der Waals surface area contributed by atoms with E-state index in [0.29, 0.717) is 11.1 Å². The van der Waals surface area contributed by atoms with Crippen LogP contribution in [0.2, 0.25) is 0 Å². The zero-order chi connectivity index (χ0) is 16.0. The van der Waals surface area contributed by atoms with Crippen molar-refractivity contribution in [2.24, 2.45) is 0 Å². The third-order valence-electron chi connectivity index (χ3n) is 3.52. The van der Waals surface area contributed by atoms with E-state index in [1.54, 1.807) is 24.3 Å². The Morgan fingerprint density at radius 3 is 2.59 bits per heavy atom. The molecule has 1 aliphatic heterocycles. The van der Waals surface area contributed by atoms with E-state index >= 15 is 0 Å². The van der Waals surface area contributed by atoms with Gasteiger partial charge in [-0.3, -0.25) is 4.79 Å². The minimum Gasteiger partial charge on any atom is -0.507 e. The van der Waals surface area contributed by atoms with Crippen LogP contribution in [0.15, 0.2) is 37.7 Å². The van der Waals surface area contributed by atoms with Crippen molar-refractivity contribution in [1.82, 2.24) is 0 Å². The lowest BCUT2D eigenvalue weighted by Gasteiger charge is -2.08. The third kappa shape index (κ3) is 2.64. The van der Waals surface area contributed by atoms with Crippen LogP contribution in [0.25, 0.3) is 11.6 Å². The van der Waals surface area contributed by atoms with Gasteiger partial charge in [-0.15, -0.1) is 0 Å². The lowest BCUT2D eigenvalue weighted by atomic mass is 9.99. The molecule has 112 valence electrons. The zero-order valence-electron chi connectivity index (χ0n) is 11.4. The molecule has 0 saturated heterocycles. The average molecular weight is 488 g/mol. The Balaban J connectivity index is 2.25. The quantitative estimate of drug-likeness (QED) is 0.523. The van der Waals surface area contributed by atoms with Crippen molar-refractivity contribution in [1.29, 1.82) is 0 Å². The number of hydrogen-bond donors (Lipinski definition) is 2. The van der Waals surface area contributed by atoms with Gasteiger partial charge in [-0.2, -0.15) is 0 Å². The number of nitrogens with one attached hydrogen (secondary N) is 1. The van der Waals surface area contributed by atoms with Gasteiger partial charge < -0.3 is 10.4 Å². The molecule has 0 bridgehead atoms. The summed E-state index contributed by atoms with van der Waals surface area (Å²) in [7, 11) is 0. The summed E-state index contributed by atoms with van der Waals surface area (Å²) in [6.45, 7) is 1.95. The number of anilines is 1. The SMILES string of the molecule is Cc1c(Br)cc(Br)c2c1C(=Cc1cc(Br)ccc1O)C(=O)N2. The first kappa shape index (κ1) is 15.8. The smallest absolute Gasteiger partial charge is 0.256 e. The first-order chi connectivity index (χ1) is 10.4. The van der Waals surface area contributed by atoms with E-state index in [1.165, 1.54) is 0 Å². The van der Waals surface area contributed by atoms with Crippen LogP contribution in [0.3, 0.4) is 0 Å². The Morgan fingerprint density at radius 2 is 1.86 bits per heavy atom. The van der Waals surface area contributed by atoms with Gasteiger partial charge in [0.1, 0.15) is 5.75 Å². The van der Waals surface area contributed by atoms with Gasteiger partial charge >= 0.3 is 0 Å². The lowest BCUT2D eigenvalue weighted by Crippen LogP contribution is -2.03. The van der Waals surface area contributed by atoms with E-state index in [1.807, 2.05) is 13.0 Å². The number of halogens is 3. The molecule has 0 radical (unpaired) electrons. The van der Waals surface area contributed by atoms with Crippen LogP contribution in [-0.4, -0.2) is 11.0 Å². The third-order valence-corrected chi connectivity index (χ3v) is 5.46. The molecule has 0 spiro atoms. The molecule has 1 aliphatic rings. The fourth-order valence-electron chi connectivity index (χ4n) is 2.41. The monoisotopic (exact) mass is 485 g/mol. The van der Waals surface area contributed by atoms with E-state index in [-0.39, 0.29) is 11.7 Å². The first-order valence-electron chi connectivity index (χ1n) is 6.39. The Morgan fingerprint density at radius 1 is 1.14 bits per heavy atom. The van der Waals surface area contributed by atoms with E-state index < -0.39 is 0 Å². The summed E-state index contributed by atoms with van der Waals surface area (Å²) in [4.78, 5) is 12.3. The number of carbonyl (C=O) groups is 1. The molecule has 22 heavy (non-hydrogen) atoms. The van der Waals surface area contributed by atoms with Crippen LogP contribution >= 0.6 is 47.8 Å². The molecule has 1 amide bonds. The molecule has 3 rings (SSSR count). The lowest BCUT2D eigenvalue weighted by molar-refractivity contribution is -0.110. The van der Waals surface area contributed by atoms with Crippen molar-refractivity contribution in [3.8, 4) is 5.75 Å². The van der Waals surface area contributed by atoms with Gasteiger partial charge in [0.05, 0.1) is 11.3 Å². The molecular weight excluding hydrogens is 478 g/mol. The molecular formula is C16H10Br3NO2. The molecule has 2 N–H and O–H groups in total. The second-order valence-electron chi connectivity index (χ2n) is 4.93. The number of carbonyl (C=O) groups excluding carboxylic acids is 1.